The molecule has 0 radical (unpaired) electrons. The van der Waals surface area contributed by atoms with E-state index in [0.29, 0.717) is 35.0 Å². The van der Waals surface area contributed by atoms with Gasteiger partial charge in [-0.3, -0.25) is 0 Å². The SMILES string of the molecule is COc1nc(NCc2ccccc2)nc2nnc(-c3ccc(F)cc3)nc12. The van der Waals surface area contributed by atoms with Gasteiger partial charge in [0.15, 0.2) is 11.3 Å². The summed E-state index contributed by atoms with van der Waals surface area (Å²) >= 11 is 0. The number of benzene rings is 2. The lowest BCUT2D eigenvalue weighted by molar-refractivity contribution is 0.402. The van der Waals surface area contributed by atoms with Gasteiger partial charge in [-0.2, -0.15) is 9.97 Å². The van der Waals surface area contributed by atoms with Gasteiger partial charge in [0, 0.05) is 12.1 Å². The van der Waals surface area contributed by atoms with Crippen LogP contribution in [0.15, 0.2) is 54.6 Å². The molecule has 2 heterocycles. The van der Waals surface area contributed by atoms with Gasteiger partial charge in [-0.25, -0.2) is 9.37 Å². The van der Waals surface area contributed by atoms with Crippen molar-refractivity contribution in [3.63, 3.8) is 0 Å². The molecule has 0 bridgehead atoms. The van der Waals surface area contributed by atoms with E-state index >= 15 is 0 Å². The quantitative estimate of drug-likeness (QED) is 0.583. The molecule has 8 heteroatoms. The van der Waals surface area contributed by atoms with Gasteiger partial charge in [-0.15, -0.1) is 10.2 Å². The van der Waals surface area contributed by atoms with E-state index in [4.69, 9.17) is 4.74 Å². The third kappa shape index (κ3) is 3.64. The number of rotatable bonds is 5. The van der Waals surface area contributed by atoms with Crippen LogP contribution in [0.5, 0.6) is 5.88 Å². The first kappa shape index (κ1) is 16.8. The second-order valence-electron chi connectivity index (χ2n) is 5.71. The Balaban J connectivity index is 1.67. The first-order valence-electron chi connectivity index (χ1n) is 8.23. The van der Waals surface area contributed by atoms with Crippen LogP contribution in [0.25, 0.3) is 22.6 Å². The van der Waals surface area contributed by atoms with E-state index in [1.807, 2.05) is 30.3 Å². The lowest BCUT2D eigenvalue weighted by atomic mass is 10.2. The summed E-state index contributed by atoms with van der Waals surface area (Å²) in [7, 11) is 1.50. The van der Waals surface area contributed by atoms with Crippen LogP contribution in [-0.2, 0) is 6.54 Å². The van der Waals surface area contributed by atoms with Crippen LogP contribution in [0, 0.1) is 5.82 Å². The molecule has 7 nitrogen and oxygen atoms in total. The van der Waals surface area contributed by atoms with Crippen LogP contribution >= 0.6 is 0 Å². The maximum atomic E-state index is 13.1. The molecule has 0 amide bonds. The molecular formula is C19H15FN6O. The minimum Gasteiger partial charge on any atom is -0.479 e. The summed E-state index contributed by atoms with van der Waals surface area (Å²) in [5, 5.41) is 11.4. The fraction of sp³-hybridized carbons (Fsp3) is 0.105. The fourth-order valence-corrected chi connectivity index (χ4v) is 2.53. The van der Waals surface area contributed by atoms with E-state index in [9.17, 15) is 4.39 Å². The number of hydrogen-bond acceptors (Lipinski definition) is 7. The number of ether oxygens (including phenoxy) is 1. The molecule has 4 rings (SSSR count). The Bertz CT molecular complexity index is 1070. The number of nitrogens with zero attached hydrogens (tertiary/aromatic N) is 5. The molecule has 0 aliphatic carbocycles. The summed E-state index contributed by atoms with van der Waals surface area (Å²) in [6.07, 6.45) is 0. The number of methoxy groups -OCH3 is 1. The Labute approximate surface area is 154 Å². The highest BCUT2D eigenvalue weighted by molar-refractivity contribution is 5.78. The molecule has 0 aliphatic heterocycles. The van der Waals surface area contributed by atoms with Crippen LogP contribution < -0.4 is 10.1 Å². The lowest BCUT2D eigenvalue weighted by Crippen LogP contribution is -2.07. The molecule has 0 unspecified atom stereocenters. The number of halogens is 1. The van der Waals surface area contributed by atoms with Crippen LogP contribution in [0.3, 0.4) is 0 Å². The zero-order chi connectivity index (χ0) is 18.6. The van der Waals surface area contributed by atoms with Gasteiger partial charge in [0.05, 0.1) is 7.11 Å². The first-order valence-corrected chi connectivity index (χ1v) is 8.23. The van der Waals surface area contributed by atoms with Gasteiger partial charge in [-0.05, 0) is 29.8 Å². The van der Waals surface area contributed by atoms with Gasteiger partial charge >= 0.3 is 0 Å². The molecule has 0 saturated carbocycles. The van der Waals surface area contributed by atoms with E-state index in [1.54, 1.807) is 12.1 Å². The van der Waals surface area contributed by atoms with Gasteiger partial charge in [-0.1, -0.05) is 30.3 Å². The maximum absolute atomic E-state index is 13.1. The molecule has 0 fully saturated rings. The molecule has 0 aliphatic rings. The van der Waals surface area contributed by atoms with E-state index < -0.39 is 0 Å². The molecule has 27 heavy (non-hydrogen) atoms. The maximum Gasteiger partial charge on any atom is 0.247 e. The normalized spacial score (nSPS) is 10.7. The number of hydrogen-bond donors (Lipinski definition) is 1. The van der Waals surface area contributed by atoms with Crippen LogP contribution in [0.1, 0.15) is 5.56 Å². The number of anilines is 1. The predicted octanol–water partition coefficient (Wildman–Crippen LogP) is 3.24. The summed E-state index contributed by atoms with van der Waals surface area (Å²) in [6.45, 7) is 0.560. The van der Waals surface area contributed by atoms with Crippen LogP contribution in [0.2, 0.25) is 0 Å². The number of nitrogens with one attached hydrogen (secondary N) is 1. The Hall–Kier alpha value is -3.68. The van der Waals surface area contributed by atoms with Crippen molar-refractivity contribution in [3.05, 3.63) is 66.0 Å². The molecule has 2 aromatic heterocycles. The molecule has 0 saturated heterocycles. The molecular weight excluding hydrogens is 347 g/mol. The summed E-state index contributed by atoms with van der Waals surface area (Å²) in [4.78, 5) is 13.1. The smallest absolute Gasteiger partial charge is 0.247 e. The van der Waals surface area contributed by atoms with Gasteiger partial charge in [0.25, 0.3) is 0 Å². The van der Waals surface area contributed by atoms with E-state index in [-0.39, 0.29) is 11.7 Å². The number of fused-ring (bicyclic) bond motifs is 1. The third-order valence-corrected chi connectivity index (χ3v) is 3.88. The molecule has 134 valence electrons. The fourth-order valence-electron chi connectivity index (χ4n) is 2.53. The zero-order valence-electron chi connectivity index (χ0n) is 14.4. The summed E-state index contributed by atoms with van der Waals surface area (Å²) in [6, 6.07) is 15.7. The zero-order valence-corrected chi connectivity index (χ0v) is 14.4. The van der Waals surface area contributed by atoms with Crippen molar-refractivity contribution >= 4 is 17.1 Å². The van der Waals surface area contributed by atoms with Crippen molar-refractivity contribution in [2.45, 2.75) is 6.54 Å². The molecule has 0 atom stereocenters. The average Bonchev–Trinajstić information content (AvgIpc) is 2.72. The van der Waals surface area contributed by atoms with E-state index in [1.165, 1.54) is 19.2 Å². The standard InChI is InChI=1S/C19H15FN6O/c1-27-18-15-17(23-19(24-18)21-11-12-5-3-2-4-6-12)26-25-16(22-15)13-7-9-14(20)10-8-13/h2-10H,11H2,1H3,(H,21,23,24,26). The van der Waals surface area contributed by atoms with Crippen LogP contribution in [0.4, 0.5) is 10.3 Å². The lowest BCUT2D eigenvalue weighted by Gasteiger charge is -2.09. The topological polar surface area (TPSA) is 85.7 Å². The van der Waals surface area contributed by atoms with Crippen molar-refractivity contribution in [2.24, 2.45) is 0 Å². The molecule has 4 aromatic rings. The summed E-state index contributed by atoms with van der Waals surface area (Å²) in [5.74, 6) is 0.666. The Morgan fingerprint density at radius 1 is 0.926 bits per heavy atom. The highest BCUT2D eigenvalue weighted by Crippen LogP contribution is 2.23. The highest BCUT2D eigenvalue weighted by Gasteiger charge is 2.14. The Morgan fingerprint density at radius 2 is 1.70 bits per heavy atom. The van der Waals surface area contributed by atoms with Crippen molar-refractivity contribution < 1.29 is 9.13 Å². The van der Waals surface area contributed by atoms with Crippen molar-refractivity contribution in [1.82, 2.24) is 25.1 Å². The second-order valence-corrected chi connectivity index (χ2v) is 5.71. The molecule has 0 spiro atoms. The largest absolute Gasteiger partial charge is 0.479 e. The van der Waals surface area contributed by atoms with E-state index in [0.717, 1.165) is 5.56 Å². The minimum absolute atomic E-state index is 0.286. The van der Waals surface area contributed by atoms with Gasteiger partial charge < -0.3 is 10.1 Å². The monoisotopic (exact) mass is 362 g/mol. The van der Waals surface area contributed by atoms with Gasteiger partial charge in [0.2, 0.25) is 17.5 Å². The Morgan fingerprint density at radius 3 is 2.44 bits per heavy atom. The molecule has 1 N–H and O–H groups in total. The number of aromatic nitrogens is 5. The highest BCUT2D eigenvalue weighted by atomic mass is 19.1. The minimum atomic E-state index is -0.331. The summed E-state index contributed by atoms with van der Waals surface area (Å²) in [5.41, 5.74) is 2.43. The van der Waals surface area contributed by atoms with Crippen molar-refractivity contribution in [1.29, 1.82) is 0 Å². The van der Waals surface area contributed by atoms with Gasteiger partial charge in [0.1, 0.15) is 5.82 Å². The third-order valence-electron chi connectivity index (χ3n) is 3.88. The second kappa shape index (κ2) is 7.28. The Kier molecular flexibility index (Phi) is 4.52. The van der Waals surface area contributed by atoms with Crippen LogP contribution in [-0.4, -0.2) is 32.3 Å². The molecule has 2 aromatic carbocycles. The predicted molar refractivity (Wildman–Crippen MR) is 98.6 cm³/mol. The van der Waals surface area contributed by atoms with Crippen molar-refractivity contribution in [3.8, 4) is 17.3 Å². The first-order chi connectivity index (χ1) is 13.2. The average molecular weight is 362 g/mol. The van der Waals surface area contributed by atoms with Crippen molar-refractivity contribution in [2.75, 3.05) is 12.4 Å². The van der Waals surface area contributed by atoms with E-state index in [2.05, 4.69) is 30.5 Å². The summed E-state index contributed by atoms with van der Waals surface area (Å²) < 4.78 is 18.5.